The van der Waals surface area contributed by atoms with Crippen LogP contribution in [0.5, 0.6) is 0 Å². The standard InChI is InChI=1S/C16H23NO2/c1-3-4-14-9-15(14)17-10-12-5-7-13(8-6-12)11(2)16(18)19/h5-8,11,14-15,17H,3-4,9-10H2,1-2H3,(H,18,19). The Balaban J connectivity index is 1.81. The molecule has 0 heterocycles. The van der Waals surface area contributed by atoms with Gasteiger partial charge in [0.25, 0.3) is 0 Å². The van der Waals surface area contributed by atoms with Crippen molar-refractivity contribution in [3.63, 3.8) is 0 Å². The summed E-state index contributed by atoms with van der Waals surface area (Å²) in [6.07, 6.45) is 3.90. The summed E-state index contributed by atoms with van der Waals surface area (Å²) in [4.78, 5) is 10.9. The van der Waals surface area contributed by atoms with Crippen LogP contribution in [0.25, 0.3) is 0 Å². The van der Waals surface area contributed by atoms with Gasteiger partial charge in [0.05, 0.1) is 5.92 Å². The van der Waals surface area contributed by atoms with E-state index < -0.39 is 11.9 Å². The second-order valence-corrected chi connectivity index (χ2v) is 5.57. The predicted molar refractivity (Wildman–Crippen MR) is 76.1 cm³/mol. The maximum atomic E-state index is 10.9. The first-order valence-electron chi connectivity index (χ1n) is 7.16. The molecule has 2 N–H and O–H groups in total. The van der Waals surface area contributed by atoms with Crippen LogP contribution in [-0.2, 0) is 11.3 Å². The molecule has 0 radical (unpaired) electrons. The third-order valence-electron chi connectivity index (χ3n) is 4.00. The second-order valence-electron chi connectivity index (χ2n) is 5.57. The van der Waals surface area contributed by atoms with Gasteiger partial charge in [-0.15, -0.1) is 0 Å². The molecule has 1 saturated carbocycles. The highest BCUT2D eigenvalue weighted by Crippen LogP contribution is 2.34. The molecule has 0 saturated heterocycles. The molecule has 0 bridgehead atoms. The van der Waals surface area contributed by atoms with Gasteiger partial charge in [-0.05, 0) is 36.8 Å². The van der Waals surface area contributed by atoms with Crippen LogP contribution >= 0.6 is 0 Å². The molecule has 3 atom stereocenters. The van der Waals surface area contributed by atoms with Gasteiger partial charge >= 0.3 is 5.97 Å². The Labute approximate surface area is 115 Å². The summed E-state index contributed by atoms with van der Waals surface area (Å²) in [5, 5.41) is 12.5. The minimum atomic E-state index is -0.772. The summed E-state index contributed by atoms with van der Waals surface area (Å²) in [6.45, 7) is 4.83. The van der Waals surface area contributed by atoms with Crippen molar-refractivity contribution in [1.29, 1.82) is 0 Å². The van der Waals surface area contributed by atoms with Crippen LogP contribution in [0, 0.1) is 5.92 Å². The molecule has 0 amide bonds. The smallest absolute Gasteiger partial charge is 0.310 e. The monoisotopic (exact) mass is 261 g/mol. The van der Waals surface area contributed by atoms with Crippen LogP contribution in [0.2, 0.25) is 0 Å². The van der Waals surface area contributed by atoms with Crippen LogP contribution < -0.4 is 5.32 Å². The highest BCUT2D eigenvalue weighted by Gasteiger charge is 2.35. The Hall–Kier alpha value is -1.35. The zero-order valence-corrected chi connectivity index (χ0v) is 11.7. The van der Waals surface area contributed by atoms with E-state index in [4.69, 9.17) is 5.11 Å². The zero-order chi connectivity index (χ0) is 13.8. The van der Waals surface area contributed by atoms with Crippen molar-refractivity contribution in [2.45, 2.75) is 51.6 Å². The van der Waals surface area contributed by atoms with Crippen LogP contribution in [0.4, 0.5) is 0 Å². The van der Waals surface area contributed by atoms with Crippen LogP contribution in [-0.4, -0.2) is 17.1 Å². The molecule has 0 spiro atoms. The molecule has 2 rings (SSSR count). The quantitative estimate of drug-likeness (QED) is 0.792. The Kier molecular flexibility index (Phi) is 4.59. The molecule has 1 aliphatic rings. The minimum Gasteiger partial charge on any atom is -0.481 e. The maximum Gasteiger partial charge on any atom is 0.310 e. The number of carbonyl (C=O) groups is 1. The van der Waals surface area contributed by atoms with Crippen molar-refractivity contribution in [2.75, 3.05) is 0 Å². The summed E-state index contributed by atoms with van der Waals surface area (Å²) >= 11 is 0. The fourth-order valence-corrected chi connectivity index (χ4v) is 2.50. The molecule has 1 aromatic rings. The van der Waals surface area contributed by atoms with E-state index in [9.17, 15) is 4.79 Å². The first-order valence-corrected chi connectivity index (χ1v) is 7.16. The van der Waals surface area contributed by atoms with Crippen molar-refractivity contribution in [1.82, 2.24) is 5.32 Å². The van der Waals surface area contributed by atoms with E-state index in [1.54, 1.807) is 6.92 Å². The lowest BCUT2D eigenvalue weighted by Gasteiger charge is -2.08. The van der Waals surface area contributed by atoms with Crippen LogP contribution in [0.15, 0.2) is 24.3 Å². The third-order valence-corrected chi connectivity index (χ3v) is 4.00. The van der Waals surface area contributed by atoms with Crippen molar-refractivity contribution >= 4 is 5.97 Å². The Bertz CT molecular complexity index is 427. The topological polar surface area (TPSA) is 49.3 Å². The van der Waals surface area contributed by atoms with Gasteiger partial charge in [-0.25, -0.2) is 0 Å². The van der Waals surface area contributed by atoms with Crippen molar-refractivity contribution in [3.05, 3.63) is 35.4 Å². The molecule has 19 heavy (non-hydrogen) atoms. The van der Waals surface area contributed by atoms with E-state index in [-0.39, 0.29) is 0 Å². The van der Waals surface area contributed by atoms with E-state index in [1.807, 2.05) is 24.3 Å². The lowest BCUT2D eigenvalue weighted by atomic mass is 10.00. The minimum absolute atomic E-state index is 0.431. The SMILES string of the molecule is CCCC1CC1NCc1ccc(C(C)C(=O)O)cc1. The summed E-state index contributed by atoms with van der Waals surface area (Å²) < 4.78 is 0. The Morgan fingerprint density at radius 1 is 1.42 bits per heavy atom. The molecule has 1 aliphatic carbocycles. The second kappa shape index (κ2) is 6.20. The maximum absolute atomic E-state index is 10.9. The summed E-state index contributed by atoms with van der Waals surface area (Å²) in [6, 6.07) is 8.59. The van der Waals surface area contributed by atoms with Crippen LogP contribution in [0.3, 0.4) is 0 Å². The van der Waals surface area contributed by atoms with Crippen molar-refractivity contribution in [2.24, 2.45) is 5.92 Å². The lowest BCUT2D eigenvalue weighted by molar-refractivity contribution is -0.138. The highest BCUT2D eigenvalue weighted by atomic mass is 16.4. The highest BCUT2D eigenvalue weighted by molar-refractivity contribution is 5.75. The average Bonchev–Trinajstić information content (AvgIpc) is 3.15. The summed E-state index contributed by atoms with van der Waals surface area (Å²) in [7, 11) is 0. The number of benzene rings is 1. The number of carboxylic acid groups (broad SMARTS) is 1. The molecule has 1 aromatic carbocycles. The number of rotatable bonds is 7. The molecule has 3 heteroatoms. The first-order chi connectivity index (χ1) is 9.11. The fraction of sp³-hybridized carbons (Fsp3) is 0.562. The number of hydrogen-bond acceptors (Lipinski definition) is 2. The van der Waals surface area contributed by atoms with Crippen molar-refractivity contribution < 1.29 is 9.90 Å². The first kappa shape index (κ1) is 14.1. The van der Waals surface area contributed by atoms with Gasteiger partial charge in [0.2, 0.25) is 0 Å². The largest absolute Gasteiger partial charge is 0.481 e. The van der Waals surface area contributed by atoms with Crippen molar-refractivity contribution in [3.8, 4) is 0 Å². The summed E-state index contributed by atoms with van der Waals surface area (Å²) in [5.41, 5.74) is 2.09. The molecule has 0 aliphatic heterocycles. The van der Waals surface area contributed by atoms with Gasteiger partial charge in [-0.1, -0.05) is 37.6 Å². The number of hydrogen-bond donors (Lipinski definition) is 2. The number of aliphatic carboxylic acids is 1. The van der Waals surface area contributed by atoms with E-state index in [1.165, 1.54) is 24.8 Å². The average molecular weight is 261 g/mol. The van der Waals surface area contributed by atoms with Gasteiger partial charge in [0.15, 0.2) is 0 Å². The zero-order valence-electron chi connectivity index (χ0n) is 11.7. The lowest BCUT2D eigenvalue weighted by Crippen LogP contribution is -2.17. The number of nitrogens with one attached hydrogen (secondary N) is 1. The van der Waals surface area contributed by atoms with E-state index in [2.05, 4.69) is 12.2 Å². The number of carboxylic acids is 1. The van der Waals surface area contributed by atoms with Gasteiger partial charge in [0.1, 0.15) is 0 Å². The van der Waals surface area contributed by atoms with Crippen LogP contribution in [0.1, 0.15) is 50.2 Å². The third kappa shape index (κ3) is 3.80. The van der Waals surface area contributed by atoms with E-state index in [0.717, 1.165) is 18.0 Å². The fourth-order valence-electron chi connectivity index (χ4n) is 2.50. The van der Waals surface area contributed by atoms with Gasteiger partial charge in [-0.3, -0.25) is 4.79 Å². The molecular weight excluding hydrogens is 238 g/mol. The van der Waals surface area contributed by atoms with Gasteiger partial charge in [-0.2, -0.15) is 0 Å². The van der Waals surface area contributed by atoms with E-state index in [0.29, 0.717) is 6.04 Å². The van der Waals surface area contributed by atoms with Gasteiger partial charge < -0.3 is 10.4 Å². The Morgan fingerprint density at radius 3 is 2.68 bits per heavy atom. The summed E-state index contributed by atoms with van der Waals surface area (Å²) in [5.74, 6) is -0.332. The molecule has 1 fully saturated rings. The molecule has 3 unspecified atom stereocenters. The van der Waals surface area contributed by atoms with E-state index >= 15 is 0 Å². The van der Waals surface area contributed by atoms with Gasteiger partial charge in [0, 0.05) is 12.6 Å². The normalized spacial score (nSPS) is 23.1. The molecule has 104 valence electrons. The predicted octanol–water partition coefficient (Wildman–Crippen LogP) is 3.15. The Morgan fingerprint density at radius 2 is 2.11 bits per heavy atom. The molecular formula is C16H23NO2. The molecule has 3 nitrogen and oxygen atoms in total. The molecule has 0 aromatic heterocycles.